The summed E-state index contributed by atoms with van der Waals surface area (Å²) in [6.45, 7) is 7.34. The molecule has 0 saturated carbocycles. The molecule has 0 spiro atoms. The van der Waals surface area contributed by atoms with E-state index in [4.69, 9.17) is 17.2 Å². The first-order chi connectivity index (χ1) is 68.1. The van der Waals surface area contributed by atoms with Crippen molar-refractivity contribution >= 4 is 27.9 Å². The Labute approximate surface area is 815 Å². The van der Waals surface area contributed by atoms with Crippen molar-refractivity contribution in [1.29, 1.82) is 0 Å². The number of nitrogens with two attached hydrogens (primary N) is 3. The highest BCUT2D eigenvalue weighted by molar-refractivity contribution is 5.85. The van der Waals surface area contributed by atoms with Crippen LogP contribution in [0.4, 0.5) is 52.7 Å². The SMILES string of the molecule is CN(CCC(c1cccc(F)c1)c1cccc(F)c1)Cc1ccccc1.CNCC=C(c1cccc(F)c1)c1cccc(F)c1.Fc1cccc(C(=C2CCCNC2)c2cccc(F)c2)c1.Fc1cccc(C(=C2CCNCC2)c2cccc(F)c2)c1.NC/C=C(/c1ccccc1)c1cccc(F)c1.NC/C=C(\c1ccccc1)c1cccc(F)c1.NCCCC(c1ccc(F)cc1)c1ccc(F)cc1. The third-order valence-electron chi connectivity index (χ3n) is 23.2. The predicted octanol–water partition coefficient (Wildman–Crippen LogP) is 27.8. The van der Waals surface area contributed by atoms with Gasteiger partial charge >= 0.3 is 0 Å². The molecule has 0 amide bonds. The molecule has 2 aliphatic heterocycles. The minimum Gasteiger partial charge on any atom is -0.330 e. The second kappa shape index (κ2) is 57.3. The van der Waals surface area contributed by atoms with Crippen molar-refractivity contribution in [3.05, 3.63) is 565 Å². The Hall–Kier alpha value is -14.1. The molecule has 9 N–H and O–H groups in total. The van der Waals surface area contributed by atoms with Crippen molar-refractivity contribution in [2.75, 3.05) is 73.0 Å². The summed E-state index contributed by atoms with van der Waals surface area (Å²) in [6, 6.07) is 108. The molecule has 0 aliphatic carbocycles. The van der Waals surface area contributed by atoms with E-state index in [1.165, 1.54) is 150 Å². The van der Waals surface area contributed by atoms with E-state index in [0.717, 1.165) is 190 Å². The van der Waals surface area contributed by atoms with Crippen LogP contribution in [0.3, 0.4) is 0 Å². The first-order valence-corrected chi connectivity index (χ1v) is 46.8. The van der Waals surface area contributed by atoms with Gasteiger partial charge in [0.1, 0.15) is 69.8 Å². The number of piperidine rings is 2. The molecule has 0 radical (unpaired) electrons. The predicted molar refractivity (Wildman–Crippen MR) is 549 cm³/mol. The summed E-state index contributed by atoms with van der Waals surface area (Å²) in [5, 5.41) is 9.65. The van der Waals surface area contributed by atoms with Gasteiger partial charge in [-0.15, -0.1) is 0 Å². The first-order valence-electron chi connectivity index (χ1n) is 46.8. The minimum absolute atomic E-state index is 0.0420. The van der Waals surface area contributed by atoms with Gasteiger partial charge in [0.05, 0.1) is 0 Å². The molecule has 17 rings (SSSR count). The molecule has 0 aromatic heterocycles. The molecular weight excluding hydrogens is 1780 g/mol. The molecular formula is C121H117F12N7. The number of likely N-dealkylation sites (N-methyl/N-ethyl adjacent to an activating group) is 1. The third kappa shape index (κ3) is 34.5. The summed E-state index contributed by atoms with van der Waals surface area (Å²) in [6.07, 6.45) is 12.1. The number of rotatable bonds is 26. The minimum atomic E-state index is -0.302. The normalized spacial score (nSPS) is 12.3. The monoisotopic (exact) mass is 1900 g/mol. The van der Waals surface area contributed by atoms with Gasteiger partial charge in [0, 0.05) is 44.6 Å². The molecule has 2 aliphatic rings. The maximum atomic E-state index is 13.7. The molecule has 15 aromatic rings. The lowest BCUT2D eigenvalue weighted by atomic mass is 9.87. The first kappa shape index (κ1) is 106. The van der Waals surface area contributed by atoms with Crippen LogP contribution in [0.25, 0.3) is 27.9 Å². The van der Waals surface area contributed by atoms with Crippen molar-refractivity contribution in [2.45, 2.75) is 63.3 Å². The molecule has 19 heteroatoms. The zero-order valence-electron chi connectivity index (χ0n) is 78.5. The Morgan fingerprint density at radius 1 is 0.307 bits per heavy atom. The Bertz CT molecular complexity index is 6040. The lowest BCUT2D eigenvalue weighted by Crippen LogP contribution is -2.24. The fraction of sp³-hybridized carbons (Fsp3) is 0.174. The maximum absolute atomic E-state index is 13.7. The molecule has 720 valence electrons. The lowest BCUT2D eigenvalue weighted by Gasteiger charge is -2.23. The average molecular weight is 1900 g/mol. The van der Waals surface area contributed by atoms with E-state index in [0.29, 0.717) is 26.2 Å². The summed E-state index contributed by atoms with van der Waals surface area (Å²) in [5.41, 5.74) is 37.4. The number of nitrogens with one attached hydrogen (secondary N) is 3. The molecule has 2 heterocycles. The topological polar surface area (TPSA) is 117 Å². The van der Waals surface area contributed by atoms with E-state index in [2.05, 4.69) is 40.0 Å². The molecule has 15 aromatic carbocycles. The Kier molecular flexibility index (Phi) is 43.5. The van der Waals surface area contributed by atoms with Crippen LogP contribution >= 0.6 is 0 Å². The van der Waals surface area contributed by atoms with Crippen LogP contribution < -0.4 is 33.2 Å². The fourth-order valence-electron chi connectivity index (χ4n) is 16.7. The van der Waals surface area contributed by atoms with E-state index in [-0.39, 0.29) is 81.6 Å². The van der Waals surface area contributed by atoms with Crippen LogP contribution in [0, 0.1) is 69.8 Å². The summed E-state index contributed by atoms with van der Waals surface area (Å²) >= 11 is 0. The van der Waals surface area contributed by atoms with E-state index < -0.39 is 0 Å². The van der Waals surface area contributed by atoms with E-state index >= 15 is 0 Å². The van der Waals surface area contributed by atoms with Gasteiger partial charge in [0.25, 0.3) is 0 Å². The van der Waals surface area contributed by atoms with Crippen molar-refractivity contribution in [3.63, 3.8) is 0 Å². The zero-order chi connectivity index (χ0) is 99.2. The molecule has 0 bridgehead atoms. The van der Waals surface area contributed by atoms with E-state index in [1.54, 1.807) is 97.1 Å². The zero-order valence-corrected chi connectivity index (χ0v) is 78.5. The summed E-state index contributed by atoms with van der Waals surface area (Å²) in [4.78, 5) is 2.24. The van der Waals surface area contributed by atoms with E-state index in [9.17, 15) is 52.7 Å². The van der Waals surface area contributed by atoms with Gasteiger partial charge in [0.15, 0.2) is 0 Å². The highest BCUT2D eigenvalue weighted by atomic mass is 19.2. The molecule has 0 atom stereocenters. The van der Waals surface area contributed by atoms with Crippen molar-refractivity contribution < 1.29 is 52.7 Å². The molecule has 2 fully saturated rings. The van der Waals surface area contributed by atoms with Crippen LogP contribution in [0.2, 0.25) is 0 Å². The van der Waals surface area contributed by atoms with Gasteiger partial charge in [0.2, 0.25) is 0 Å². The van der Waals surface area contributed by atoms with Gasteiger partial charge in [-0.1, -0.05) is 260 Å². The third-order valence-corrected chi connectivity index (χ3v) is 23.2. The van der Waals surface area contributed by atoms with Gasteiger partial charge in [-0.2, -0.15) is 0 Å². The Morgan fingerprint density at radius 2 is 0.621 bits per heavy atom. The molecule has 140 heavy (non-hydrogen) atoms. The second-order valence-electron chi connectivity index (χ2n) is 33.4. The van der Waals surface area contributed by atoms with Crippen LogP contribution in [0.15, 0.2) is 412 Å². The standard InChI is InChI=1S/C23H23F2N.2C18H17F2N.C16H15F2N.C16H17F2N.2C15H14FN/c1-26(17-18-7-3-2-4-8-18)14-13-23(19-9-5-11-21(24)15-19)20-10-6-12-22(25)16-20;19-16-7-1-4-13(10-16)18(15-6-3-9-21-12-15)14-5-2-8-17(20)11-14;19-16-5-1-3-14(11-16)18(13-7-9-21-10-8-13)15-4-2-6-17(20)12-15;1-19-9-8-16(12-4-2-6-14(17)10-12)13-5-3-7-15(18)11-13;17-14-7-3-12(4-8-14)16(2-1-11-19)13-5-9-15(18)10-6-13;2*16-14-8-4-7-13(11-14)15(9-10-17)12-5-2-1-3-6-12/h2-12,15-16,23H,13-14,17H2,1H3;1-2,4-5,7-8,10-11,21H,3,6,9,12H2;1-6,11-12,21H,7-10H2;2-8,10-11,19H,9H2,1H3;3-10,16H,1-2,11,19H2;2*1-9,11H,10,17H2/b;;;;;15-9+;15-9-. The lowest BCUT2D eigenvalue weighted by molar-refractivity contribution is 0.316. The number of hydrogen-bond donors (Lipinski definition) is 6. The quantitative estimate of drug-likeness (QED) is 0.0299. The molecule has 0 unspecified atom stereocenters. The maximum Gasteiger partial charge on any atom is 0.123 e. The van der Waals surface area contributed by atoms with Crippen molar-refractivity contribution in [1.82, 2.24) is 20.9 Å². The van der Waals surface area contributed by atoms with Crippen LogP contribution in [-0.2, 0) is 6.54 Å². The second-order valence-corrected chi connectivity index (χ2v) is 33.4. The van der Waals surface area contributed by atoms with Crippen molar-refractivity contribution in [3.8, 4) is 0 Å². The summed E-state index contributed by atoms with van der Waals surface area (Å²) < 4.78 is 161. The van der Waals surface area contributed by atoms with Crippen LogP contribution in [0.5, 0.6) is 0 Å². The largest absolute Gasteiger partial charge is 0.330 e. The van der Waals surface area contributed by atoms with Gasteiger partial charge in [-0.05, 0) is 354 Å². The van der Waals surface area contributed by atoms with Gasteiger partial charge < -0.3 is 38.1 Å². The smallest absolute Gasteiger partial charge is 0.123 e. The van der Waals surface area contributed by atoms with Crippen LogP contribution in [-0.4, -0.2) is 77.9 Å². The van der Waals surface area contributed by atoms with Crippen LogP contribution in [0.1, 0.15) is 140 Å². The van der Waals surface area contributed by atoms with Gasteiger partial charge in [-0.3, -0.25) is 0 Å². The average Bonchev–Trinajstić information content (AvgIpc) is 0.807. The number of benzene rings is 15. The summed E-state index contributed by atoms with van der Waals surface area (Å²) in [5.74, 6) is -3.09. The number of nitrogens with zero attached hydrogens (tertiary/aromatic N) is 1. The van der Waals surface area contributed by atoms with Gasteiger partial charge in [-0.25, -0.2) is 52.7 Å². The fourth-order valence-corrected chi connectivity index (χ4v) is 16.7. The molecule has 2 saturated heterocycles. The van der Waals surface area contributed by atoms with Crippen molar-refractivity contribution in [2.24, 2.45) is 17.2 Å². The summed E-state index contributed by atoms with van der Waals surface area (Å²) in [7, 11) is 3.90. The van der Waals surface area contributed by atoms with E-state index in [1.807, 2.05) is 165 Å². The Balaban J connectivity index is 0.000000157. The molecule has 7 nitrogen and oxygen atoms in total. The number of halogens is 12. The Morgan fingerprint density at radius 3 is 0.950 bits per heavy atom. The highest BCUT2D eigenvalue weighted by Crippen LogP contribution is 2.37. The highest BCUT2D eigenvalue weighted by Gasteiger charge is 2.22. The number of hydrogen-bond acceptors (Lipinski definition) is 7.